The predicted molar refractivity (Wildman–Crippen MR) is 55.0 cm³/mol. The Hall–Kier alpha value is -1.55. The summed E-state index contributed by atoms with van der Waals surface area (Å²) in [6, 6.07) is 4.67. The minimum absolute atomic E-state index is 0.0642. The Morgan fingerprint density at radius 1 is 1.47 bits per heavy atom. The fourth-order valence-corrected chi connectivity index (χ4v) is 1.92. The van der Waals surface area contributed by atoms with E-state index in [2.05, 4.69) is 5.32 Å². The van der Waals surface area contributed by atoms with Crippen molar-refractivity contribution in [2.75, 3.05) is 6.54 Å². The normalized spacial score (nSPS) is 20.4. The molecule has 0 aromatic heterocycles. The van der Waals surface area contributed by atoms with E-state index in [0.717, 1.165) is 24.9 Å². The summed E-state index contributed by atoms with van der Waals surface area (Å²) in [6.07, 6.45) is 2.07. The first-order chi connectivity index (χ1) is 7.18. The lowest BCUT2D eigenvalue weighted by atomic mass is 10.0. The molecule has 0 saturated carbocycles. The van der Waals surface area contributed by atoms with Gasteiger partial charge in [0.05, 0.1) is 5.56 Å². The molecule has 0 spiro atoms. The molecule has 80 valence electrons. The van der Waals surface area contributed by atoms with Gasteiger partial charge in [-0.05, 0) is 31.5 Å². The Kier molecular flexibility index (Phi) is 2.60. The van der Waals surface area contributed by atoms with Crippen LogP contribution in [0.2, 0.25) is 0 Å². The summed E-state index contributed by atoms with van der Waals surface area (Å²) in [5, 5.41) is 21.7. The highest BCUT2D eigenvalue weighted by Crippen LogP contribution is 2.30. The van der Waals surface area contributed by atoms with Crippen molar-refractivity contribution in [2.24, 2.45) is 0 Å². The van der Waals surface area contributed by atoms with Crippen LogP contribution in [-0.4, -0.2) is 22.7 Å². The number of benzene rings is 1. The molecule has 4 nitrogen and oxygen atoms in total. The fourth-order valence-electron chi connectivity index (χ4n) is 1.92. The summed E-state index contributed by atoms with van der Waals surface area (Å²) in [5.41, 5.74) is 0.909. The third-order valence-electron chi connectivity index (χ3n) is 2.71. The zero-order chi connectivity index (χ0) is 10.8. The molecular formula is C11H13NO3. The lowest BCUT2D eigenvalue weighted by Crippen LogP contribution is -2.13. The first-order valence-corrected chi connectivity index (χ1v) is 4.98. The van der Waals surface area contributed by atoms with Crippen LogP contribution in [0.3, 0.4) is 0 Å². The molecule has 2 rings (SSSR count). The highest BCUT2D eigenvalue weighted by atomic mass is 16.4. The Labute approximate surface area is 87.6 Å². The quantitative estimate of drug-likeness (QED) is 0.687. The second-order valence-electron chi connectivity index (χ2n) is 3.73. The maximum Gasteiger partial charge on any atom is 0.335 e. The second-order valence-corrected chi connectivity index (χ2v) is 3.73. The van der Waals surface area contributed by atoms with Crippen LogP contribution >= 0.6 is 0 Å². The van der Waals surface area contributed by atoms with E-state index in [4.69, 9.17) is 5.11 Å². The van der Waals surface area contributed by atoms with Crippen LogP contribution in [0.5, 0.6) is 5.75 Å². The molecule has 1 aliphatic heterocycles. The molecule has 1 heterocycles. The van der Waals surface area contributed by atoms with Crippen molar-refractivity contribution in [3.05, 3.63) is 29.3 Å². The molecule has 1 aromatic carbocycles. The summed E-state index contributed by atoms with van der Waals surface area (Å²) in [7, 11) is 0. The SMILES string of the molecule is O=C(O)c1ccc([C@H]2CCCN2)c(O)c1. The lowest BCUT2D eigenvalue weighted by molar-refractivity contribution is 0.0696. The summed E-state index contributed by atoms with van der Waals surface area (Å²) in [6.45, 7) is 0.949. The number of aromatic carboxylic acids is 1. The van der Waals surface area contributed by atoms with Crippen LogP contribution in [0.25, 0.3) is 0 Å². The van der Waals surface area contributed by atoms with Gasteiger partial charge in [-0.15, -0.1) is 0 Å². The summed E-state index contributed by atoms with van der Waals surface area (Å²) < 4.78 is 0. The Morgan fingerprint density at radius 3 is 2.80 bits per heavy atom. The van der Waals surface area contributed by atoms with Gasteiger partial charge in [-0.25, -0.2) is 4.79 Å². The van der Waals surface area contributed by atoms with Crippen molar-refractivity contribution >= 4 is 5.97 Å². The standard InChI is InChI=1S/C11H13NO3/c13-10-6-7(11(14)15)3-4-8(10)9-2-1-5-12-9/h3-4,6,9,12-13H,1-2,5H2,(H,14,15)/t9-/m1/s1. The van der Waals surface area contributed by atoms with E-state index in [-0.39, 0.29) is 17.4 Å². The van der Waals surface area contributed by atoms with Gasteiger partial charge < -0.3 is 15.5 Å². The summed E-state index contributed by atoms with van der Waals surface area (Å²) in [4.78, 5) is 10.7. The van der Waals surface area contributed by atoms with Crippen LogP contribution in [0.15, 0.2) is 18.2 Å². The van der Waals surface area contributed by atoms with Gasteiger partial charge >= 0.3 is 5.97 Å². The van der Waals surface area contributed by atoms with Gasteiger partial charge in [0.1, 0.15) is 5.75 Å². The minimum Gasteiger partial charge on any atom is -0.508 e. The number of carboxylic acid groups (broad SMARTS) is 1. The van der Waals surface area contributed by atoms with Crippen molar-refractivity contribution in [1.29, 1.82) is 0 Å². The van der Waals surface area contributed by atoms with Gasteiger partial charge in [-0.2, -0.15) is 0 Å². The van der Waals surface area contributed by atoms with E-state index in [1.165, 1.54) is 12.1 Å². The van der Waals surface area contributed by atoms with Gasteiger partial charge in [0.2, 0.25) is 0 Å². The number of carbonyl (C=O) groups is 1. The third-order valence-corrected chi connectivity index (χ3v) is 2.71. The van der Waals surface area contributed by atoms with E-state index in [1.807, 2.05) is 0 Å². The van der Waals surface area contributed by atoms with E-state index >= 15 is 0 Å². The van der Waals surface area contributed by atoms with E-state index < -0.39 is 5.97 Å². The molecule has 1 aliphatic rings. The first-order valence-electron chi connectivity index (χ1n) is 4.98. The van der Waals surface area contributed by atoms with Gasteiger partial charge in [-0.3, -0.25) is 0 Å². The molecule has 1 fully saturated rings. The second kappa shape index (κ2) is 3.90. The Morgan fingerprint density at radius 2 is 2.27 bits per heavy atom. The largest absolute Gasteiger partial charge is 0.508 e. The summed E-state index contributed by atoms with van der Waals surface area (Å²) in [5.74, 6) is -0.953. The molecule has 0 bridgehead atoms. The molecule has 0 unspecified atom stereocenters. The number of hydrogen-bond acceptors (Lipinski definition) is 3. The molecular weight excluding hydrogens is 194 g/mol. The topological polar surface area (TPSA) is 69.6 Å². The van der Waals surface area contributed by atoms with E-state index in [0.29, 0.717) is 0 Å². The van der Waals surface area contributed by atoms with Gasteiger partial charge in [0, 0.05) is 11.6 Å². The van der Waals surface area contributed by atoms with Crippen molar-refractivity contribution in [3.63, 3.8) is 0 Å². The Balaban J connectivity index is 2.29. The lowest BCUT2D eigenvalue weighted by Gasteiger charge is -2.12. The van der Waals surface area contributed by atoms with Crippen molar-refractivity contribution in [2.45, 2.75) is 18.9 Å². The van der Waals surface area contributed by atoms with Crippen molar-refractivity contribution in [1.82, 2.24) is 5.32 Å². The van der Waals surface area contributed by atoms with Crippen LogP contribution in [-0.2, 0) is 0 Å². The minimum atomic E-state index is -1.02. The zero-order valence-electron chi connectivity index (χ0n) is 8.23. The number of nitrogens with one attached hydrogen (secondary N) is 1. The third kappa shape index (κ3) is 1.94. The number of hydrogen-bond donors (Lipinski definition) is 3. The van der Waals surface area contributed by atoms with Gasteiger partial charge in [0.25, 0.3) is 0 Å². The van der Waals surface area contributed by atoms with E-state index in [1.54, 1.807) is 6.07 Å². The molecule has 1 atom stereocenters. The smallest absolute Gasteiger partial charge is 0.335 e. The number of phenols is 1. The van der Waals surface area contributed by atoms with Crippen molar-refractivity contribution in [3.8, 4) is 5.75 Å². The maximum atomic E-state index is 10.7. The van der Waals surface area contributed by atoms with Crippen LogP contribution in [0.1, 0.15) is 34.8 Å². The monoisotopic (exact) mass is 207 g/mol. The Bertz CT molecular complexity index is 383. The average Bonchev–Trinajstić information content (AvgIpc) is 2.70. The number of rotatable bonds is 2. The molecule has 1 saturated heterocycles. The molecule has 0 radical (unpaired) electrons. The molecule has 0 aliphatic carbocycles. The molecule has 15 heavy (non-hydrogen) atoms. The number of aromatic hydroxyl groups is 1. The van der Waals surface area contributed by atoms with Gasteiger partial charge in [-0.1, -0.05) is 6.07 Å². The first kappa shape index (κ1) is 9.98. The average molecular weight is 207 g/mol. The predicted octanol–water partition coefficient (Wildman–Crippen LogP) is 1.51. The fraction of sp³-hybridized carbons (Fsp3) is 0.364. The van der Waals surface area contributed by atoms with Crippen LogP contribution in [0, 0.1) is 0 Å². The summed E-state index contributed by atoms with van der Waals surface area (Å²) >= 11 is 0. The number of phenolic OH excluding ortho intramolecular Hbond substituents is 1. The number of carboxylic acids is 1. The molecule has 0 amide bonds. The zero-order valence-corrected chi connectivity index (χ0v) is 8.23. The molecule has 4 heteroatoms. The maximum absolute atomic E-state index is 10.7. The highest BCUT2D eigenvalue weighted by Gasteiger charge is 2.19. The van der Waals surface area contributed by atoms with Crippen LogP contribution in [0.4, 0.5) is 0 Å². The highest BCUT2D eigenvalue weighted by molar-refractivity contribution is 5.88. The van der Waals surface area contributed by atoms with Gasteiger partial charge in [0.15, 0.2) is 0 Å². The van der Waals surface area contributed by atoms with Crippen molar-refractivity contribution < 1.29 is 15.0 Å². The molecule has 1 aromatic rings. The van der Waals surface area contributed by atoms with E-state index in [9.17, 15) is 9.90 Å². The van der Waals surface area contributed by atoms with Crippen LogP contribution < -0.4 is 5.32 Å². The molecule has 3 N–H and O–H groups in total.